The molecule has 1 rings (SSSR count). The fraction of sp³-hybridized carbons (Fsp3) is 1.00. The van der Waals surface area contributed by atoms with E-state index in [0.717, 1.165) is 26.2 Å². The molecule has 1 aliphatic rings. The molecule has 3 heteroatoms. The van der Waals surface area contributed by atoms with E-state index in [1.165, 1.54) is 6.42 Å². The van der Waals surface area contributed by atoms with E-state index in [2.05, 4.69) is 31.0 Å². The van der Waals surface area contributed by atoms with Gasteiger partial charge in [-0.3, -0.25) is 4.90 Å². The Bertz CT molecular complexity index is 175. The second-order valence-electron chi connectivity index (χ2n) is 4.92. The van der Waals surface area contributed by atoms with Gasteiger partial charge in [-0.15, -0.1) is 0 Å². The zero-order valence-corrected chi connectivity index (χ0v) is 10.4. The molecule has 90 valence electrons. The molecule has 3 atom stereocenters. The maximum atomic E-state index is 9.34. The number of hydrogen-bond donors (Lipinski definition) is 2. The molecule has 0 aromatic carbocycles. The van der Waals surface area contributed by atoms with Crippen LogP contribution in [0.25, 0.3) is 0 Å². The van der Waals surface area contributed by atoms with Gasteiger partial charge in [0.1, 0.15) is 0 Å². The SMILES string of the molecule is CCNCC(C)CN1CCC(C)C1CO. The van der Waals surface area contributed by atoms with Gasteiger partial charge in [-0.2, -0.15) is 0 Å². The summed E-state index contributed by atoms with van der Waals surface area (Å²) in [7, 11) is 0. The molecule has 2 N–H and O–H groups in total. The molecule has 3 nitrogen and oxygen atoms in total. The standard InChI is InChI=1S/C12H26N2O/c1-4-13-7-10(2)8-14-6-5-11(3)12(14)9-15/h10-13,15H,4-9H2,1-3H3. The summed E-state index contributed by atoms with van der Waals surface area (Å²) in [5.74, 6) is 1.32. The van der Waals surface area contributed by atoms with Crippen molar-refractivity contribution in [3.63, 3.8) is 0 Å². The lowest BCUT2D eigenvalue weighted by molar-refractivity contribution is 0.126. The number of aliphatic hydroxyl groups is 1. The zero-order valence-electron chi connectivity index (χ0n) is 10.4. The van der Waals surface area contributed by atoms with E-state index in [9.17, 15) is 5.11 Å². The van der Waals surface area contributed by atoms with E-state index in [4.69, 9.17) is 0 Å². The fourth-order valence-electron chi connectivity index (χ4n) is 2.47. The van der Waals surface area contributed by atoms with Crippen LogP contribution >= 0.6 is 0 Å². The maximum Gasteiger partial charge on any atom is 0.0589 e. The monoisotopic (exact) mass is 214 g/mol. The van der Waals surface area contributed by atoms with Crippen LogP contribution in [0, 0.1) is 11.8 Å². The number of likely N-dealkylation sites (tertiary alicyclic amines) is 1. The average Bonchev–Trinajstić information content (AvgIpc) is 2.56. The predicted molar refractivity (Wildman–Crippen MR) is 63.9 cm³/mol. The molecule has 0 amide bonds. The normalized spacial score (nSPS) is 29.6. The van der Waals surface area contributed by atoms with E-state index in [-0.39, 0.29) is 0 Å². The van der Waals surface area contributed by atoms with E-state index in [1.807, 2.05) is 0 Å². The minimum absolute atomic E-state index is 0.315. The first kappa shape index (κ1) is 12.9. The Morgan fingerprint density at radius 3 is 2.87 bits per heavy atom. The summed E-state index contributed by atoms with van der Waals surface area (Å²) in [4.78, 5) is 2.45. The molecule has 0 aromatic rings. The van der Waals surface area contributed by atoms with E-state index in [1.54, 1.807) is 0 Å². The summed E-state index contributed by atoms with van der Waals surface area (Å²) in [5.41, 5.74) is 0. The first-order valence-corrected chi connectivity index (χ1v) is 6.24. The van der Waals surface area contributed by atoms with Crippen LogP contribution in [0.5, 0.6) is 0 Å². The Hall–Kier alpha value is -0.120. The first-order chi connectivity index (χ1) is 7.19. The third-order valence-corrected chi connectivity index (χ3v) is 3.47. The number of rotatable bonds is 6. The number of nitrogens with zero attached hydrogens (tertiary/aromatic N) is 1. The Morgan fingerprint density at radius 2 is 2.27 bits per heavy atom. The van der Waals surface area contributed by atoms with Crippen molar-refractivity contribution in [2.24, 2.45) is 11.8 Å². The third kappa shape index (κ3) is 3.74. The molecule has 1 saturated heterocycles. The minimum atomic E-state index is 0.315. The van der Waals surface area contributed by atoms with Crippen LogP contribution in [-0.2, 0) is 0 Å². The van der Waals surface area contributed by atoms with Gasteiger partial charge in [-0.05, 0) is 37.9 Å². The molecule has 0 radical (unpaired) electrons. The highest BCUT2D eigenvalue weighted by Crippen LogP contribution is 2.24. The van der Waals surface area contributed by atoms with Gasteiger partial charge in [0, 0.05) is 12.6 Å². The van der Waals surface area contributed by atoms with Gasteiger partial charge >= 0.3 is 0 Å². The van der Waals surface area contributed by atoms with Gasteiger partial charge in [-0.1, -0.05) is 20.8 Å². The van der Waals surface area contributed by atoms with Gasteiger partial charge < -0.3 is 10.4 Å². The highest BCUT2D eigenvalue weighted by molar-refractivity contribution is 4.85. The molecule has 0 bridgehead atoms. The lowest BCUT2D eigenvalue weighted by atomic mass is 10.0. The highest BCUT2D eigenvalue weighted by Gasteiger charge is 2.30. The number of aliphatic hydroxyl groups excluding tert-OH is 1. The summed E-state index contributed by atoms with van der Waals surface area (Å²) in [6.07, 6.45) is 1.24. The fourth-order valence-corrected chi connectivity index (χ4v) is 2.47. The average molecular weight is 214 g/mol. The smallest absolute Gasteiger partial charge is 0.0589 e. The van der Waals surface area contributed by atoms with Crippen LogP contribution in [-0.4, -0.2) is 48.8 Å². The molecule has 0 aromatic heterocycles. The highest BCUT2D eigenvalue weighted by atomic mass is 16.3. The summed E-state index contributed by atoms with van der Waals surface area (Å²) in [5, 5.41) is 12.7. The molecular formula is C12H26N2O. The number of nitrogens with one attached hydrogen (secondary N) is 1. The molecule has 1 fully saturated rings. The Labute approximate surface area is 93.9 Å². The molecule has 15 heavy (non-hydrogen) atoms. The summed E-state index contributed by atoms with van der Waals surface area (Å²) in [6, 6.07) is 0.397. The number of hydrogen-bond acceptors (Lipinski definition) is 3. The largest absolute Gasteiger partial charge is 0.395 e. The predicted octanol–water partition coefficient (Wildman–Crippen LogP) is 0.935. The van der Waals surface area contributed by atoms with E-state index >= 15 is 0 Å². The van der Waals surface area contributed by atoms with Crippen molar-refractivity contribution in [2.75, 3.05) is 32.8 Å². The molecule has 0 spiro atoms. The molecule has 0 aliphatic carbocycles. The topological polar surface area (TPSA) is 35.5 Å². The summed E-state index contributed by atoms with van der Waals surface area (Å²) >= 11 is 0. The quantitative estimate of drug-likeness (QED) is 0.690. The third-order valence-electron chi connectivity index (χ3n) is 3.47. The second-order valence-corrected chi connectivity index (χ2v) is 4.92. The van der Waals surface area contributed by atoms with Crippen molar-refractivity contribution < 1.29 is 5.11 Å². The van der Waals surface area contributed by atoms with Gasteiger partial charge in [0.2, 0.25) is 0 Å². The lowest BCUT2D eigenvalue weighted by Crippen LogP contribution is -2.40. The van der Waals surface area contributed by atoms with Crippen molar-refractivity contribution in [3.8, 4) is 0 Å². The second kappa shape index (κ2) is 6.46. The van der Waals surface area contributed by atoms with Crippen LogP contribution in [0.3, 0.4) is 0 Å². The van der Waals surface area contributed by atoms with Crippen molar-refractivity contribution in [1.29, 1.82) is 0 Å². The van der Waals surface area contributed by atoms with Crippen LogP contribution in [0.15, 0.2) is 0 Å². The van der Waals surface area contributed by atoms with E-state index < -0.39 is 0 Å². The molecule has 3 unspecified atom stereocenters. The van der Waals surface area contributed by atoms with Crippen molar-refractivity contribution in [1.82, 2.24) is 10.2 Å². The van der Waals surface area contributed by atoms with Crippen LogP contribution in [0.2, 0.25) is 0 Å². The maximum absolute atomic E-state index is 9.34. The van der Waals surface area contributed by atoms with Crippen LogP contribution in [0.1, 0.15) is 27.2 Å². The van der Waals surface area contributed by atoms with Gasteiger partial charge in [0.05, 0.1) is 6.61 Å². The van der Waals surface area contributed by atoms with Crippen molar-refractivity contribution in [3.05, 3.63) is 0 Å². The van der Waals surface area contributed by atoms with Crippen molar-refractivity contribution in [2.45, 2.75) is 33.2 Å². The Morgan fingerprint density at radius 1 is 1.53 bits per heavy atom. The summed E-state index contributed by atoms with van der Waals surface area (Å²) < 4.78 is 0. The summed E-state index contributed by atoms with van der Waals surface area (Å²) in [6.45, 7) is 11.4. The molecule has 1 heterocycles. The Kier molecular flexibility index (Phi) is 5.58. The lowest BCUT2D eigenvalue weighted by Gasteiger charge is -2.27. The first-order valence-electron chi connectivity index (χ1n) is 6.24. The van der Waals surface area contributed by atoms with E-state index in [0.29, 0.717) is 24.5 Å². The minimum Gasteiger partial charge on any atom is -0.395 e. The molecule has 0 saturated carbocycles. The van der Waals surface area contributed by atoms with Crippen LogP contribution < -0.4 is 5.32 Å². The van der Waals surface area contributed by atoms with Crippen molar-refractivity contribution >= 4 is 0 Å². The zero-order chi connectivity index (χ0) is 11.3. The van der Waals surface area contributed by atoms with Gasteiger partial charge in [-0.25, -0.2) is 0 Å². The molecule has 1 aliphatic heterocycles. The van der Waals surface area contributed by atoms with Gasteiger partial charge in [0.25, 0.3) is 0 Å². The van der Waals surface area contributed by atoms with Crippen LogP contribution in [0.4, 0.5) is 0 Å². The Balaban J connectivity index is 2.30. The molecular weight excluding hydrogens is 188 g/mol. The van der Waals surface area contributed by atoms with Gasteiger partial charge in [0.15, 0.2) is 0 Å².